The molecule has 31 heavy (non-hydrogen) atoms. The molecule has 0 saturated heterocycles. The summed E-state index contributed by atoms with van der Waals surface area (Å²) in [5, 5.41) is 0. The first-order valence-corrected chi connectivity index (χ1v) is 10.5. The van der Waals surface area contributed by atoms with Gasteiger partial charge in [0.2, 0.25) is 5.75 Å². The van der Waals surface area contributed by atoms with E-state index in [2.05, 4.69) is 12.1 Å². The molecular formula is C26H28O5. The highest BCUT2D eigenvalue weighted by Gasteiger charge is 2.19. The SMILES string of the molecule is CCOc1cc(C(=O)OCc2ccc(-c3ccccc3)cc2)cc(OCC)c1OCC. The maximum atomic E-state index is 12.7. The number of esters is 1. The summed E-state index contributed by atoms with van der Waals surface area (Å²) in [4.78, 5) is 12.7. The Bertz CT molecular complexity index is 953. The van der Waals surface area contributed by atoms with Gasteiger partial charge in [-0.15, -0.1) is 0 Å². The highest BCUT2D eigenvalue weighted by Crippen LogP contribution is 2.39. The summed E-state index contributed by atoms with van der Waals surface area (Å²) in [6, 6.07) is 21.4. The fraction of sp³-hybridized carbons (Fsp3) is 0.269. The number of benzene rings is 3. The molecule has 0 saturated carbocycles. The summed E-state index contributed by atoms with van der Waals surface area (Å²) in [6.07, 6.45) is 0. The minimum atomic E-state index is -0.447. The summed E-state index contributed by atoms with van der Waals surface area (Å²) in [6.45, 7) is 7.16. The molecule has 0 unspecified atom stereocenters. The zero-order valence-corrected chi connectivity index (χ0v) is 18.2. The largest absolute Gasteiger partial charge is 0.490 e. The molecule has 0 N–H and O–H groups in total. The third-order valence-electron chi connectivity index (χ3n) is 4.58. The maximum Gasteiger partial charge on any atom is 0.338 e. The van der Waals surface area contributed by atoms with Crippen molar-refractivity contribution in [3.8, 4) is 28.4 Å². The zero-order valence-electron chi connectivity index (χ0n) is 18.2. The van der Waals surface area contributed by atoms with Crippen molar-refractivity contribution in [1.82, 2.24) is 0 Å². The van der Waals surface area contributed by atoms with Gasteiger partial charge in [0.1, 0.15) is 6.61 Å². The Balaban J connectivity index is 1.73. The number of carbonyl (C=O) groups is 1. The van der Waals surface area contributed by atoms with E-state index in [0.717, 1.165) is 16.7 Å². The topological polar surface area (TPSA) is 54.0 Å². The van der Waals surface area contributed by atoms with Crippen molar-refractivity contribution < 1.29 is 23.7 Å². The average Bonchev–Trinajstić information content (AvgIpc) is 2.80. The maximum absolute atomic E-state index is 12.7. The van der Waals surface area contributed by atoms with Crippen LogP contribution in [0.15, 0.2) is 66.7 Å². The van der Waals surface area contributed by atoms with Gasteiger partial charge in [0.15, 0.2) is 11.5 Å². The van der Waals surface area contributed by atoms with E-state index in [1.165, 1.54) is 0 Å². The summed E-state index contributed by atoms with van der Waals surface area (Å²) >= 11 is 0. The van der Waals surface area contributed by atoms with Gasteiger partial charge in [0.25, 0.3) is 0 Å². The van der Waals surface area contributed by atoms with Gasteiger partial charge in [-0.1, -0.05) is 54.6 Å². The van der Waals surface area contributed by atoms with Crippen molar-refractivity contribution in [2.24, 2.45) is 0 Å². The Labute approximate surface area is 183 Å². The lowest BCUT2D eigenvalue weighted by Crippen LogP contribution is -2.08. The molecular weight excluding hydrogens is 392 g/mol. The Morgan fingerprint density at radius 1 is 0.710 bits per heavy atom. The Hall–Kier alpha value is -3.47. The highest BCUT2D eigenvalue weighted by atomic mass is 16.5. The summed E-state index contributed by atoms with van der Waals surface area (Å²) in [7, 11) is 0. The minimum absolute atomic E-state index is 0.176. The standard InChI is InChI=1S/C26H28O5/c1-4-28-23-16-22(17-24(29-5-2)25(23)30-6-3)26(27)31-18-19-12-14-21(15-13-19)20-10-8-7-9-11-20/h7-17H,4-6,18H2,1-3H3. The van der Waals surface area contributed by atoms with Crippen LogP contribution in [0.4, 0.5) is 0 Å². The quantitative estimate of drug-likeness (QED) is 0.382. The molecule has 3 aromatic rings. The second-order valence-corrected chi connectivity index (χ2v) is 6.74. The molecule has 0 aliphatic heterocycles. The Morgan fingerprint density at radius 3 is 1.81 bits per heavy atom. The van der Waals surface area contributed by atoms with Gasteiger partial charge >= 0.3 is 5.97 Å². The van der Waals surface area contributed by atoms with Crippen LogP contribution in [0.25, 0.3) is 11.1 Å². The predicted molar refractivity (Wildman–Crippen MR) is 121 cm³/mol. The van der Waals surface area contributed by atoms with Crippen molar-refractivity contribution in [1.29, 1.82) is 0 Å². The van der Waals surface area contributed by atoms with Gasteiger partial charge in [-0.2, -0.15) is 0 Å². The fourth-order valence-corrected chi connectivity index (χ4v) is 3.16. The second kappa shape index (κ2) is 11.1. The first-order chi connectivity index (χ1) is 15.2. The zero-order chi connectivity index (χ0) is 22.1. The molecule has 3 rings (SSSR count). The van der Waals surface area contributed by atoms with Crippen LogP contribution in [0.5, 0.6) is 17.2 Å². The normalized spacial score (nSPS) is 10.4. The van der Waals surface area contributed by atoms with Gasteiger partial charge in [-0.3, -0.25) is 0 Å². The van der Waals surface area contributed by atoms with E-state index in [0.29, 0.717) is 42.6 Å². The van der Waals surface area contributed by atoms with Crippen molar-refractivity contribution >= 4 is 5.97 Å². The van der Waals surface area contributed by atoms with E-state index in [4.69, 9.17) is 18.9 Å². The summed E-state index contributed by atoms with van der Waals surface area (Å²) in [5.41, 5.74) is 3.53. The third kappa shape index (κ3) is 5.79. The molecule has 0 amide bonds. The van der Waals surface area contributed by atoms with E-state index in [1.54, 1.807) is 12.1 Å². The molecule has 0 aliphatic rings. The smallest absolute Gasteiger partial charge is 0.338 e. The minimum Gasteiger partial charge on any atom is -0.490 e. The van der Waals surface area contributed by atoms with Crippen molar-refractivity contribution in [2.75, 3.05) is 19.8 Å². The number of rotatable bonds is 10. The van der Waals surface area contributed by atoms with Crippen LogP contribution in [0, 0.1) is 0 Å². The fourth-order valence-electron chi connectivity index (χ4n) is 3.16. The van der Waals surface area contributed by atoms with Gasteiger partial charge in [-0.05, 0) is 49.6 Å². The highest BCUT2D eigenvalue weighted by molar-refractivity contribution is 5.91. The van der Waals surface area contributed by atoms with Gasteiger partial charge < -0.3 is 18.9 Å². The first kappa shape index (κ1) is 22.2. The number of hydrogen-bond acceptors (Lipinski definition) is 5. The van der Waals surface area contributed by atoms with E-state index in [-0.39, 0.29) is 6.61 Å². The molecule has 0 spiro atoms. The van der Waals surface area contributed by atoms with Crippen LogP contribution in [0.2, 0.25) is 0 Å². The molecule has 162 valence electrons. The van der Waals surface area contributed by atoms with Crippen LogP contribution in [-0.2, 0) is 11.3 Å². The first-order valence-electron chi connectivity index (χ1n) is 10.5. The second-order valence-electron chi connectivity index (χ2n) is 6.74. The molecule has 5 nitrogen and oxygen atoms in total. The van der Waals surface area contributed by atoms with Crippen LogP contribution in [-0.4, -0.2) is 25.8 Å². The number of carbonyl (C=O) groups excluding carboxylic acids is 1. The van der Waals surface area contributed by atoms with Crippen LogP contribution in [0.3, 0.4) is 0 Å². The van der Waals surface area contributed by atoms with Crippen molar-refractivity contribution in [3.05, 3.63) is 77.9 Å². The molecule has 0 fully saturated rings. The van der Waals surface area contributed by atoms with Crippen LogP contribution >= 0.6 is 0 Å². The van der Waals surface area contributed by atoms with Gasteiger partial charge in [0.05, 0.1) is 25.4 Å². The molecule has 5 heteroatoms. The Kier molecular flexibility index (Phi) is 7.93. The van der Waals surface area contributed by atoms with E-state index in [1.807, 2.05) is 63.2 Å². The summed E-state index contributed by atoms with van der Waals surface area (Å²) in [5.74, 6) is 0.986. The van der Waals surface area contributed by atoms with Crippen molar-refractivity contribution in [2.45, 2.75) is 27.4 Å². The molecule has 3 aromatic carbocycles. The monoisotopic (exact) mass is 420 g/mol. The van der Waals surface area contributed by atoms with E-state index < -0.39 is 5.97 Å². The molecule has 0 heterocycles. The lowest BCUT2D eigenvalue weighted by Gasteiger charge is -2.17. The summed E-state index contributed by atoms with van der Waals surface area (Å²) < 4.78 is 22.6. The third-order valence-corrected chi connectivity index (χ3v) is 4.58. The van der Waals surface area contributed by atoms with Crippen LogP contribution in [0.1, 0.15) is 36.7 Å². The molecule has 0 radical (unpaired) electrons. The number of ether oxygens (including phenoxy) is 4. The average molecular weight is 421 g/mol. The lowest BCUT2D eigenvalue weighted by molar-refractivity contribution is 0.0471. The van der Waals surface area contributed by atoms with E-state index >= 15 is 0 Å². The number of hydrogen-bond donors (Lipinski definition) is 0. The lowest BCUT2D eigenvalue weighted by atomic mass is 10.0. The van der Waals surface area contributed by atoms with Gasteiger partial charge in [-0.25, -0.2) is 4.79 Å². The van der Waals surface area contributed by atoms with E-state index in [9.17, 15) is 4.79 Å². The molecule has 0 atom stereocenters. The Morgan fingerprint density at radius 2 is 1.26 bits per heavy atom. The molecule has 0 aromatic heterocycles. The van der Waals surface area contributed by atoms with Gasteiger partial charge in [0, 0.05) is 0 Å². The van der Waals surface area contributed by atoms with Crippen LogP contribution < -0.4 is 14.2 Å². The molecule has 0 bridgehead atoms. The molecule has 0 aliphatic carbocycles. The predicted octanol–water partition coefficient (Wildman–Crippen LogP) is 5.91. The van der Waals surface area contributed by atoms with Crippen molar-refractivity contribution in [3.63, 3.8) is 0 Å².